The number of aromatic nitrogens is 5. The van der Waals surface area contributed by atoms with Gasteiger partial charge in [0.1, 0.15) is 11.5 Å². The summed E-state index contributed by atoms with van der Waals surface area (Å²) in [5.41, 5.74) is 1.93. The van der Waals surface area contributed by atoms with Crippen LogP contribution in [0.5, 0.6) is 0 Å². The zero-order valence-electron chi connectivity index (χ0n) is 14.1. The van der Waals surface area contributed by atoms with Crippen molar-refractivity contribution in [3.8, 4) is 16.6 Å². The van der Waals surface area contributed by atoms with Gasteiger partial charge in [-0.2, -0.15) is 0 Å². The summed E-state index contributed by atoms with van der Waals surface area (Å²) in [5, 5.41) is 5.80. The quantitative estimate of drug-likeness (QED) is 0.604. The van der Waals surface area contributed by atoms with Crippen LogP contribution in [0.25, 0.3) is 22.2 Å². The van der Waals surface area contributed by atoms with E-state index in [0.29, 0.717) is 17.2 Å². The molecule has 0 aliphatic heterocycles. The van der Waals surface area contributed by atoms with Crippen LogP contribution >= 0.6 is 11.3 Å². The van der Waals surface area contributed by atoms with Gasteiger partial charge in [-0.25, -0.2) is 15.0 Å². The summed E-state index contributed by atoms with van der Waals surface area (Å²) in [6.07, 6.45) is 7.68. The van der Waals surface area contributed by atoms with Gasteiger partial charge in [0, 0.05) is 30.0 Å². The van der Waals surface area contributed by atoms with Gasteiger partial charge in [-0.3, -0.25) is 13.8 Å². The molecule has 4 heterocycles. The Morgan fingerprint density at radius 2 is 2.19 bits per heavy atom. The molecule has 1 fully saturated rings. The van der Waals surface area contributed by atoms with E-state index >= 15 is 0 Å². The van der Waals surface area contributed by atoms with E-state index in [1.54, 1.807) is 17.5 Å². The molecule has 0 spiro atoms. The smallest absolute Gasteiger partial charge is 0.272 e. The van der Waals surface area contributed by atoms with E-state index in [0.717, 1.165) is 29.3 Å². The van der Waals surface area contributed by atoms with Gasteiger partial charge in [0.15, 0.2) is 16.6 Å². The molecule has 0 aromatic carbocycles. The fourth-order valence-corrected chi connectivity index (χ4v) is 3.64. The van der Waals surface area contributed by atoms with E-state index in [-0.39, 0.29) is 11.9 Å². The fourth-order valence-electron chi connectivity index (χ4n) is 2.98. The lowest BCUT2D eigenvalue weighted by atomic mass is 10.3. The van der Waals surface area contributed by atoms with Crippen molar-refractivity contribution in [2.45, 2.75) is 25.8 Å². The number of nitrogens with one attached hydrogen (secondary N) is 1. The van der Waals surface area contributed by atoms with Gasteiger partial charge in [-0.15, -0.1) is 11.3 Å². The van der Waals surface area contributed by atoms with Crippen molar-refractivity contribution in [1.29, 1.82) is 0 Å². The van der Waals surface area contributed by atoms with Crippen molar-refractivity contribution < 1.29 is 4.79 Å². The monoisotopic (exact) mass is 364 g/mol. The van der Waals surface area contributed by atoms with Gasteiger partial charge >= 0.3 is 0 Å². The summed E-state index contributed by atoms with van der Waals surface area (Å²) in [6, 6.07) is 6.03. The van der Waals surface area contributed by atoms with Crippen LogP contribution in [-0.2, 0) is 0 Å². The number of carbonyl (C=O) groups is 1. The van der Waals surface area contributed by atoms with Crippen molar-refractivity contribution in [2.24, 2.45) is 0 Å². The van der Waals surface area contributed by atoms with Crippen LogP contribution in [0.1, 0.15) is 29.2 Å². The van der Waals surface area contributed by atoms with E-state index < -0.39 is 0 Å². The molecule has 0 saturated heterocycles. The predicted octanol–water partition coefficient (Wildman–Crippen LogP) is 2.84. The average molecular weight is 364 g/mol. The van der Waals surface area contributed by atoms with Gasteiger partial charge in [-0.05, 0) is 31.9 Å². The van der Waals surface area contributed by atoms with Crippen LogP contribution in [0.3, 0.4) is 0 Å². The minimum absolute atomic E-state index is 0.126. The number of rotatable bonds is 4. The first-order chi connectivity index (χ1) is 12.7. The second kappa shape index (κ2) is 5.77. The van der Waals surface area contributed by atoms with Gasteiger partial charge in [0.05, 0.1) is 5.52 Å². The van der Waals surface area contributed by atoms with Crippen molar-refractivity contribution in [2.75, 3.05) is 0 Å². The van der Waals surface area contributed by atoms with Crippen molar-refractivity contribution in [3.63, 3.8) is 0 Å². The van der Waals surface area contributed by atoms with Crippen LogP contribution in [0.2, 0.25) is 0 Å². The second-order valence-electron chi connectivity index (χ2n) is 6.35. The zero-order chi connectivity index (χ0) is 17.7. The Labute approximate surface area is 153 Å². The standard InChI is InChI=1S/C18H16N6OS/c1-11-20-13(10-24(11)18-19-7-9-26-18)16-22-15(17(25)21-12-5-6-12)14-4-2-3-8-23(14)16/h2-4,7-10,12H,5-6H2,1H3,(H,21,25). The number of amides is 1. The number of imidazole rings is 2. The molecule has 1 saturated carbocycles. The highest BCUT2D eigenvalue weighted by Crippen LogP contribution is 2.26. The molecule has 1 aliphatic carbocycles. The molecule has 0 bridgehead atoms. The maximum atomic E-state index is 12.6. The number of hydrogen-bond acceptors (Lipinski definition) is 5. The van der Waals surface area contributed by atoms with E-state index in [4.69, 9.17) is 0 Å². The minimum Gasteiger partial charge on any atom is -0.348 e. The highest BCUT2D eigenvalue weighted by Gasteiger charge is 2.27. The van der Waals surface area contributed by atoms with E-state index in [1.165, 1.54) is 0 Å². The number of hydrogen-bond donors (Lipinski definition) is 1. The van der Waals surface area contributed by atoms with Gasteiger partial charge in [0.25, 0.3) is 5.91 Å². The molecule has 5 rings (SSSR count). The molecule has 4 aromatic rings. The SMILES string of the molecule is Cc1nc(-c2nc(C(=O)NC3CC3)c3ccccn23)cn1-c1nccs1. The summed E-state index contributed by atoms with van der Waals surface area (Å²) in [7, 11) is 0. The Hall–Kier alpha value is -3.00. The molecule has 0 atom stereocenters. The van der Waals surface area contributed by atoms with Crippen molar-refractivity contribution >= 4 is 22.8 Å². The van der Waals surface area contributed by atoms with Gasteiger partial charge < -0.3 is 5.32 Å². The number of carbonyl (C=O) groups excluding carboxylic acids is 1. The predicted molar refractivity (Wildman–Crippen MR) is 98.6 cm³/mol. The lowest BCUT2D eigenvalue weighted by Gasteiger charge is -2.00. The maximum absolute atomic E-state index is 12.6. The number of thiazole rings is 1. The highest BCUT2D eigenvalue weighted by atomic mass is 32.1. The second-order valence-corrected chi connectivity index (χ2v) is 7.22. The normalized spacial score (nSPS) is 14.0. The third-order valence-corrected chi connectivity index (χ3v) is 5.18. The van der Waals surface area contributed by atoms with E-state index in [9.17, 15) is 4.79 Å². The molecule has 0 radical (unpaired) electrons. The summed E-state index contributed by atoms with van der Waals surface area (Å²) in [4.78, 5) is 26.2. The molecule has 0 unspecified atom stereocenters. The lowest BCUT2D eigenvalue weighted by Crippen LogP contribution is -2.25. The molecule has 1 aliphatic rings. The molecule has 1 N–H and O–H groups in total. The average Bonchev–Trinajstić information content (AvgIpc) is 3.04. The Balaban J connectivity index is 1.63. The van der Waals surface area contributed by atoms with Gasteiger partial charge in [-0.1, -0.05) is 6.07 Å². The van der Waals surface area contributed by atoms with Gasteiger partial charge in [0.2, 0.25) is 0 Å². The molecule has 130 valence electrons. The Bertz CT molecular complexity index is 1110. The molecular weight excluding hydrogens is 348 g/mol. The van der Waals surface area contributed by atoms with E-state index in [2.05, 4.69) is 20.3 Å². The largest absolute Gasteiger partial charge is 0.348 e. The van der Waals surface area contributed by atoms with Crippen molar-refractivity contribution in [1.82, 2.24) is 29.2 Å². The first-order valence-corrected chi connectivity index (χ1v) is 9.33. The number of aryl methyl sites for hydroxylation is 1. The van der Waals surface area contributed by atoms with Crippen LogP contribution in [0, 0.1) is 6.92 Å². The molecule has 4 aromatic heterocycles. The molecule has 1 amide bonds. The number of pyridine rings is 1. The summed E-state index contributed by atoms with van der Waals surface area (Å²) in [5.74, 6) is 1.35. The van der Waals surface area contributed by atoms with Crippen LogP contribution < -0.4 is 5.32 Å². The first-order valence-electron chi connectivity index (χ1n) is 8.45. The third-order valence-electron chi connectivity index (χ3n) is 4.41. The zero-order valence-corrected chi connectivity index (χ0v) is 14.9. The topological polar surface area (TPSA) is 77.1 Å². The van der Waals surface area contributed by atoms with Crippen LogP contribution in [-0.4, -0.2) is 35.9 Å². The summed E-state index contributed by atoms with van der Waals surface area (Å²) in [6.45, 7) is 1.93. The molecule has 26 heavy (non-hydrogen) atoms. The first kappa shape index (κ1) is 15.3. The Morgan fingerprint density at radius 3 is 2.96 bits per heavy atom. The third kappa shape index (κ3) is 2.50. The fraction of sp³-hybridized carbons (Fsp3) is 0.222. The van der Waals surface area contributed by atoms with E-state index in [1.807, 2.05) is 51.9 Å². The summed E-state index contributed by atoms with van der Waals surface area (Å²) >= 11 is 1.55. The molecular formula is C18H16N6OS. The lowest BCUT2D eigenvalue weighted by molar-refractivity contribution is 0.0948. The van der Waals surface area contributed by atoms with Crippen molar-refractivity contribution in [3.05, 3.63) is 53.7 Å². The summed E-state index contributed by atoms with van der Waals surface area (Å²) < 4.78 is 3.85. The van der Waals surface area contributed by atoms with Crippen LogP contribution in [0.4, 0.5) is 0 Å². The molecule has 8 heteroatoms. The number of fused-ring (bicyclic) bond motifs is 1. The Kier molecular flexibility index (Phi) is 3.39. The molecule has 7 nitrogen and oxygen atoms in total. The highest BCUT2D eigenvalue weighted by molar-refractivity contribution is 7.12. The Morgan fingerprint density at radius 1 is 1.31 bits per heavy atom. The van der Waals surface area contributed by atoms with Crippen LogP contribution in [0.15, 0.2) is 42.2 Å². The maximum Gasteiger partial charge on any atom is 0.272 e. The number of nitrogens with zero attached hydrogens (tertiary/aromatic N) is 5. The minimum atomic E-state index is -0.126.